The molecule has 0 aliphatic carbocycles. The molecule has 0 fully saturated rings. The maximum Gasteiger partial charge on any atom is 0.224 e. The number of fused-ring (bicyclic) bond motifs is 1. The zero-order valence-corrected chi connectivity index (χ0v) is 16.1. The lowest BCUT2D eigenvalue weighted by Crippen LogP contribution is -2.14. The number of ether oxygens (including phenoxy) is 2. The summed E-state index contributed by atoms with van der Waals surface area (Å²) in [7, 11) is 0. The predicted octanol–water partition coefficient (Wildman–Crippen LogP) is 4.52. The fourth-order valence-electron chi connectivity index (χ4n) is 2.69. The Morgan fingerprint density at radius 3 is 2.58 bits per heavy atom. The molecule has 0 unspecified atom stereocenters. The van der Waals surface area contributed by atoms with Crippen molar-refractivity contribution in [2.24, 2.45) is 0 Å². The Bertz CT molecular complexity index is 835. The number of aryl methyl sites for hydroxylation is 1. The number of carbonyl (C=O) groups is 2. The Morgan fingerprint density at radius 1 is 1.04 bits per heavy atom. The monoisotopic (exact) mass is 417 g/mol. The van der Waals surface area contributed by atoms with Crippen LogP contribution in [0.2, 0.25) is 0 Å². The molecule has 2 aromatic rings. The summed E-state index contributed by atoms with van der Waals surface area (Å²) in [4.78, 5) is 24.5. The summed E-state index contributed by atoms with van der Waals surface area (Å²) in [6.07, 6.45) is 1.08. The van der Waals surface area contributed by atoms with Gasteiger partial charge in [-0.05, 0) is 48.9 Å². The smallest absolute Gasteiger partial charge is 0.224 e. The van der Waals surface area contributed by atoms with E-state index in [1.54, 1.807) is 18.2 Å². The molecule has 5 nitrogen and oxygen atoms in total. The molecule has 2 aromatic carbocycles. The number of halogens is 1. The Balaban J connectivity index is 1.58. The van der Waals surface area contributed by atoms with Gasteiger partial charge in [0.25, 0.3) is 0 Å². The average molecular weight is 418 g/mol. The molecule has 0 atom stereocenters. The summed E-state index contributed by atoms with van der Waals surface area (Å²) in [5.74, 6) is 0.965. The van der Waals surface area contributed by atoms with Gasteiger partial charge in [-0.3, -0.25) is 9.59 Å². The van der Waals surface area contributed by atoms with Gasteiger partial charge in [-0.15, -0.1) is 0 Å². The molecular weight excluding hydrogens is 398 g/mol. The molecule has 1 aliphatic heterocycles. The molecule has 0 saturated heterocycles. The molecule has 0 bridgehead atoms. The van der Waals surface area contributed by atoms with Gasteiger partial charge in [-0.1, -0.05) is 15.9 Å². The largest absolute Gasteiger partial charge is 0.490 e. The van der Waals surface area contributed by atoms with Gasteiger partial charge in [0.2, 0.25) is 5.91 Å². The van der Waals surface area contributed by atoms with Gasteiger partial charge in [0.15, 0.2) is 17.3 Å². The zero-order chi connectivity index (χ0) is 18.5. The number of rotatable bonds is 5. The van der Waals surface area contributed by atoms with Crippen LogP contribution in [0.15, 0.2) is 40.9 Å². The van der Waals surface area contributed by atoms with Crippen LogP contribution in [0.1, 0.15) is 35.2 Å². The van der Waals surface area contributed by atoms with Gasteiger partial charge < -0.3 is 14.8 Å². The lowest BCUT2D eigenvalue weighted by Gasteiger charge is -2.10. The second-order valence-corrected chi connectivity index (χ2v) is 7.06. The van der Waals surface area contributed by atoms with E-state index < -0.39 is 0 Å². The van der Waals surface area contributed by atoms with Gasteiger partial charge >= 0.3 is 0 Å². The maximum absolute atomic E-state index is 12.4. The fourth-order valence-corrected chi connectivity index (χ4v) is 3.16. The number of hydrogen-bond acceptors (Lipinski definition) is 4. The third-order valence-electron chi connectivity index (χ3n) is 4.11. The van der Waals surface area contributed by atoms with E-state index in [-0.39, 0.29) is 24.5 Å². The molecule has 0 saturated carbocycles. The summed E-state index contributed by atoms with van der Waals surface area (Å²) in [6.45, 7) is 3.10. The number of anilines is 1. The van der Waals surface area contributed by atoms with Crippen LogP contribution in [0.25, 0.3) is 0 Å². The highest BCUT2D eigenvalue weighted by molar-refractivity contribution is 9.10. The van der Waals surface area contributed by atoms with Crippen LogP contribution in [0.3, 0.4) is 0 Å². The molecule has 1 aliphatic rings. The van der Waals surface area contributed by atoms with E-state index in [1.165, 1.54) is 0 Å². The number of Topliss-reactive ketones (excluding diaryl/α,β-unsaturated/α-hetero) is 1. The van der Waals surface area contributed by atoms with E-state index >= 15 is 0 Å². The van der Waals surface area contributed by atoms with Crippen molar-refractivity contribution in [3.05, 3.63) is 52.0 Å². The number of amides is 1. The highest BCUT2D eigenvalue weighted by Crippen LogP contribution is 2.31. The third-order valence-corrected chi connectivity index (χ3v) is 4.60. The SMILES string of the molecule is Cc1cc(Br)ccc1NC(=O)CCC(=O)c1ccc2c(c1)OCCCO2. The fraction of sp³-hybridized carbons (Fsp3) is 0.300. The van der Waals surface area contributed by atoms with E-state index in [1.807, 2.05) is 25.1 Å². The van der Waals surface area contributed by atoms with Crippen molar-refractivity contribution in [3.63, 3.8) is 0 Å². The van der Waals surface area contributed by atoms with Gasteiger partial charge in [0, 0.05) is 35.0 Å². The number of ketones is 1. The van der Waals surface area contributed by atoms with Gasteiger partial charge in [0.05, 0.1) is 13.2 Å². The van der Waals surface area contributed by atoms with Crippen LogP contribution in [-0.4, -0.2) is 24.9 Å². The third kappa shape index (κ3) is 4.64. The van der Waals surface area contributed by atoms with Crippen molar-refractivity contribution in [2.45, 2.75) is 26.2 Å². The Kier molecular flexibility index (Phi) is 5.93. The Hall–Kier alpha value is -2.34. The van der Waals surface area contributed by atoms with Crippen molar-refractivity contribution in [1.29, 1.82) is 0 Å². The molecule has 0 spiro atoms. The Morgan fingerprint density at radius 2 is 1.81 bits per heavy atom. The maximum atomic E-state index is 12.4. The first-order valence-corrected chi connectivity index (χ1v) is 9.31. The molecule has 0 aromatic heterocycles. The molecule has 26 heavy (non-hydrogen) atoms. The number of benzene rings is 2. The minimum Gasteiger partial charge on any atom is -0.490 e. The quantitative estimate of drug-likeness (QED) is 0.726. The molecule has 0 radical (unpaired) electrons. The van der Waals surface area contributed by atoms with Crippen LogP contribution in [0.4, 0.5) is 5.69 Å². The molecule has 136 valence electrons. The van der Waals surface area contributed by atoms with E-state index in [0.717, 1.165) is 22.1 Å². The second kappa shape index (κ2) is 8.36. The van der Waals surface area contributed by atoms with E-state index in [0.29, 0.717) is 30.3 Å². The molecule has 3 rings (SSSR count). The Labute approximate surface area is 160 Å². The van der Waals surface area contributed by atoms with Crippen molar-refractivity contribution in [2.75, 3.05) is 18.5 Å². The van der Waals surface area contributed by atoms with Crippen LogP contribution >= 0.6 is 15.9 Å². The molecule has 1 amide bonds. The van der Waals surface area contributed by atoms with Crippen molar-refractivity contribution >= 4 is 33.3 Å². The summed E-state index contributed by atoms with van der Waals surface area (Å²) in [5.41, 5.74) is 2.24. The minimum absolute atomic E-state index is 0.0941. The van der Waals surface area contributed by atoms with Crippen LogP contribution in [0, 0.1) is 6.92 Å². The normalized spacial score (nSPS) is 13.0. The first-order chi connectivity index (χ1) is 12.5. The molecular formula is C20H20BrNO4. The summed E-state index contributed by atoms with van der Waals surface area (Å²) in [6, 6.07) is 10.8. The van der Waals surface area contributed by atoms with Crippen molar-refractivity contribution < 1.29 is 19.1 Å². The number of hydrogen-bond donors (Lipinski definition) is 1. The number of carbonyl (C=O) groups excluding carboxylic acids is 2. The lowest BCUT2D eigenvalue weighted by molar-refractivity contribution is -0.116. The van der Waals surface area contributed by atoms with Gasteiger partial charge in [0.1, 0.15) is 0 Å². The number of nitrogens with one attached hydrogen (secondary N) is 1. The topological polar surface area (TPSA) is 64.6 Å². The minimum atomic E-state index is -0.182. The van der Waals surface area contributed by atoms with E-state index in [2.05, 4.69) is 21.2 Å². The zero-order valence-electron chi connectivity index (χ0n) is 14.5. The highest BCUT2D eigenvalue weighted by Gasteiger charge is 2.15. The average Bonchev–Trinajstić information content (AvgIpc) is 2.86. The van der Waals surface area contributed by atoms with E-state index in [4.69, 9.17) is 9.47 Å². The lowest BCUT2D eigenvalue weighted by atomic mass is 10.1. The van der Waals surface area contributed by atoms with Gasteiger partial charge in [-0.25, -0.2) is 0 Å². The predicted molar refractivity (Wildman–Crippen MR) is 103 cm³/mol. The first kappa shape index (κ1) is 18.5. The van der Waals surface area contributed by atoms with Crippen molar-refractivity contribution in [1.82, 2.24) is 0 Å². The second-order valence-electron chi connectivity index (χ2n) is 6.14. The standard InChI is InChI=1S/C20H20BrNO4/c1-13-11-15(21)4-5-16(13)22-20(24)8-6-17(23)14-3-7-18-19(12-14)26-10-2-9-25-18/h3-5,7,11-12H,2,6,8-10H2,1H3,(H,22,24). The van der Waals surface area contributed by atoms with Crippen LogP contribution in [0.5, 0.6) is 11.5 Å². The van der Waals surface area contributed by atoms with Crippen LogP contribution in [-0.2, 0) is 4.79 Å². The molecule has 6 heteroatoms. The summed E-state index contributed by atoms with van der Waals surface area (Å²) >= 11 is 3.39. The van der Waals surface area contributed by atoms with Crippen LogP contribution < -0.4 is 14.8 Å². The highest BCUT2D eigenvalue weighted by atomic mass is 79.9. The summed E-state index contributed by atoms with van der Waals surface area (Å²) < 4.78 is 12.1. The summed E-state index contributed by atoms with van der Waals surface area (Å²) in [5, 5.41) is 2.85. The van der Waals surface area contributed by atoms with E-state index in [9.17, 15) is 9.59 Å². The van der Waals surface area contributed by atoms with Crippen molar-refractivity contribution in [3.8, 4) is 11.5 Å². The van der Waals surface area contributed by atoms with Gasteiger partial charge in [-0.2, -0.15) is 0 Å². The first-order valence-electron chi connectivity index (χ1n) is 8.52. The molecule has 1 N–H and O–H groups in total. The molecule has 1 heterocycles.